The van der Waals surface area contributed by atoms with E-state index in [0.29, 0.717) is 25.9 Å². The Morgan fingerprint density at radius 2 is 2.00 bits per heavy atom. The number of hydrogen-bond donors (Lipinski definition) is 3. The zero-order chi connectivity index (χ0) is 15.3. The van der Waals surface area contributed by atoms with Crippen molar-refractivity contribution in [2.24, 2.45) is 7.05 Å². The predicted molar refractivity (Wildman–Crippen MR) is 80.1 cm³/mol. The molecule has 0 fully saturated rings. The van der Waals surface area contributed by atoms with Gasteiger partial charge in [0.1, 0.15) is 11.5 Å². The fraction of sp³-hybridized carbons (Fsp3) is 0.692. The van der Waals surface area contributed by atoms with E-state index in [0.717, 1.165) is 11.0 Å². The van der Waals surface area contributed by atoms with Gasteiger partial charge in [-0.05, 0) is 19.3 Å². The molecule has 1 aromatic rings. The van der Waals surface area contributed by atoms with Crippen molar-refractivity contribution in [1.82, 2.24) is 9.13 Å². The number of nitrogens with zero attached hydrogens (tertiary/aromatic N) is 2. The maximum absolute atomic E-state index is 12.1. The molecule has 0 aliphatic rings. The zero-order valence-corrected chi connectivity index (χ0v) is 12.3. The molecule has 7 heteroatoms. The first-order chi connectivity index (χ1) is 9.43. The Labute approximate surface area is 118 Å². The number of aliphatic hydroxyl groups excluding tert-OH is 1. The average molecular weight is 284 g/mol. The molecule has 1 atom stereocenters. The largest absolute Gasteiger partial charge is 0.393 e. The maximum Gasteiger partial charge on any atom is 0.332 e. The van der Waals surface area contributed by atoms with E-state index in [1.807, 2.05) is 13.8 Å². The molecule has 0 aliphatic heterocycles. The summed E-state index contributed by atoms with van der Waals surface area (Å²) in [7, 11) is 1.43. The third kappa shape index (κ3) is 3.41. The van der Waals surface area contributed by atoms with Gasteiger partial charge in [-0.3, -0.25) is 13.9 Å². The smallest absolute Gasteiger partial charge is 0.332 e. The molecule has 0 aliphatic carbocycles. The van der Waals surface area contributed by atoms with Crippen LogP contribution in [0.2, 0.25) is 0 Å². The quantitative estimate of drug-likeness (QED) is 0.659. The monoisotopic (exact) mass is 284 g/mol. The number of nitrogens with two attached hydrogens (primary N) is 1. The third-order valence-electron chi connectivity index (χ3n) is 3.28. The van der Waals surface area contributed by atoms with Crippen LogP contribution in [0.4, 0.5) is 11.5 Å². The molecule has 0 radical (unpaired) electrons. The molecule has 0 amide bonds. The van der Waals surface area contributed by atoms with Gasteiger partial charge in [0, 0.05) is 20.1 Å². The summed E-state index contributed by atoms with van der Waals surface area (Å²) >= 11 is 0. The minimum atomic E-state index is -0.439. The molecule has 7 nitrogen and oxygen atoms in total. The number of anilines is 2. The van der Waals surface area contributed by atoms with Crippen molar-refractivity contribution in [3.8, 4) is 0 Å². The lowest BCUT2D eigenvalue weighted by Crippen LogP contribution is -2.41. The highest BCUT2D eigenvalue weighted by molar-refractivity contribution is 5.60. The molecule has 1 rings (SSSR count). The van der Waals surface area contributed by atoms with E-state index < -0.39 is 17.4 Å². The first-order valence-electron chi connectivity index (χ1n) is 6.95. The molecule has 1 heterocycles. The first-order valence-corrected chi connectivity index (χ1v) is 6.95. The van der Waals surface area contributed by atoms with Gasteiger partial charge < -0.3 is 16.2 Å². The van der Waals surface area contributed by atoms with Crippen LogP contribution in [-0.2, 0) is 13.6 Å². The minimum absolute atomic E-state index is 0.158. The second-order valence-electron chi connectivity index (χ2n) is 4.84. The highest BCUT2D eigenvalue weighted by Gasteiger charge is 2.14. The number of aromatic nitrogens is 2. The summed E-state index contributed by atoms with van der Waals surface area (Å²) in [5.41, 5.74) is 5.29. The van der Waals surface area contributed by atoms with Crippen LogP contribution in [0.5, 0.6) is 0 Å². The molecule has 20 heavy (non-hydrogen) atoms. The molecule has 0 saturated heterocycles. The van der Waals surface area contributed by atoms with Gasteiger partial charge in [-0.15, -0.1) is 0 Å². The number of nitrogens with one attached hydrogen (secondary N) is 1. The van der Waals surface area contributed by atoms with Crippen molar-refractivity contribution in [2.75, 3.05) is 17.6 Å². The SMILES string of the molecule is CCCn1c(N)c(NCCC(O)CC)c(=O)n(C)c1=O. The summed E-state index contributed by atoms with van der Waals surface area (Å²) in [6, 6.07) is 0. The Bertz CT molecular complexity index is 562. The molecule has 0 aromatic carbocycles. The van der Waals surface area contributed by atoms with Gasteiger partial charge >= 0.3 is 5.69 Å². The highest BCUT2D eigenvalue weighted by atomic mass is 16.3. The van der Waals surface area contributed by atoms with E-state index in [-0.39, 0.29) is 11.5 Å². The van der Waals surface area contributed by atoms with E-state index in [9.17, 15) is 14.7 Å². The number of nitrogen functional groups attached to an aromatic ring is 1. The fourth-order valence-electron chi connectivity index (χ4n) is 1.96. The molecule has 4 N–H and O–H groups in total. The summed E-state index contributed by atoms with van der Waals surface area (Å²) in [5, 5.41) is 12.4. The van der Waals surface area contributed by atoms with Crippen molar-refractivity contribution in [3.63, 3.8) is 0 Å². The standard InChI is InChI=1S/C13H24N4O3/c1-4-8-17-11(14)10(12(19)16(3)13(17)20)15-7-6-9(18)5-2/h9,15,18H,4-8,14H2,1-3H3. The second kappa shape index (κ2) is 7.14. The van der Waals surface area contributed by atoms with E-state index in [4.69, 9.17) is 5.73 Å². The van der Waals surface area contributed by atoms with Crippen molar-refractivity contribution < 1.29 is 5.11 Å². The van der Waals surface area contributed by atoms with Gasteiger partial charge in [-0.1, -0.05) is 13.8 Å². The topological polar surface area (TPSA) is 102 Å². The number of rotatable bonds is 7. The van der Waals surface area contributed by atoms with Crippen LogP contribution in [0.3, 0.4) is 0 Å². The van der Waals surface area contributed by atoms with E-state index in [1.165, 1.54) is 11.6 Å². The summed E-state index contributed by atoms with van der Waals surface area (Å²) in [5.74, 6) is 0.158. The van der Waals surface area contributed by atoms with Crippen LogP contribution in [0, 0.1) is 0 Å². The van der Waals surface area contributed by atoms with Gasteiger partial charge in [0.05, 0.1) is 6.10 Å². The fourth-order valence-corrected chi connectivity index (χ4v) is 1.96. The van der Waals surface area contributed by atoms with Crippen LogP contribution in [-0.4, -0.2) is 26.9 Å². The van der Waals surface area contributed by atoms with Gasteiger partial charge in [0.2, 0.25) is 0 Å². The van der Waals surface area contributed by atoms with Gasteiger partial charge in [-0.25, -0.2) is 4.79 Å². The Morgan fingerprint density at radius 1 is 1.35 bits per heavy atom. The van der Waals surface area contributed by atoms with Gasteiger partial charge in [0.25, 0.3) is 5.56 Å². The molecule has 0 spiro atoms. The second-order valence-corrected chi connectivity index (χ2v) is 4.84. The van der Waals surface area contributed by atoms with Crippen molar-refractivity contribution >= 4 is 11.5 Å². The average Bonchev–Trinajstić information content (AvgIpc) is 2.44. The van der Waals surface area contributed by atoms with E-state index in [1.54, 1.807) is 0 Å². The molecule has 114 valence electrons. The van der Waals surface area contributed by atoms with Crippen LogP contribution < -0.4 is 22.3 Å². The summed E-state index contributed by atoms with van der Waals surface area (Å²) in [6.07, 6.45) is 1.52. The van der Waals surface area contributed by atoms with Gasteiger partial charge in [0.15, 0.2) is 0 Å². The molecule has 0 bridgehead atoms. The lowest BCUT2D eigenvalue weighted by molar-refractivity contribution is 0.164. The number of aliphatic hydroxyl groups is 1. The minimum Gasteiger partial charge on any atom is -0.393 e. The summed E-state index contributed by atoms with van der Waals surface area (Å²) < 4.78 is 2.44. The van der Waals surface area contributed by atoms with Gasteiger partial charge in [-0.2, -0.15) is 0 Å². The zero-order valence-electron chi connectivity index (χ0n) is 12.3. The number of hydrogen-bond acceptors (Lipinski definition) is 5. The van der Waals surface area contributed by atoms with Crippen LogP contribution in [0.25, 0.3) is 0 Å². The predicted octanol–water partition coefficient (Wildman–Crippen LogP) is 0.112. The van der Waals surface area contributed by atoms with E-state index in [2.05, 4.69) is 5.32 Å². The summed E-state index contributed by atoms with van der Waals surface area (Å²) in [4.78, 5) is 24.0. The van der Waals surface area contributed by atoms with Crippen LogP contribution in [0.15, 0.2) is 9.59 Å². The molecular formula is C13H24N4O3. The normalized spacial score (nSPS) is 12.4. The van der Waals surface area contributed by atoms with Crippen LogP contribution >= 0.6 is 0 Å². The Balaban J connectivity index is 3.07. The van der Waals surface area contributed by atoms with Crippen LogP contribution in [0.1, 0.15) is 33.1 Å². The highest BCUT2D eigenvalue weighted by Crippen LogP contribution is 2.11. The molecular weight excluding hydrogens is 260 g/mol. The molecule has 1 unspecified atom stereocenters. The van der Waals surface area contributed by atoms with E-state index >= 15 is 0 Å². The molecule has 0 saturated carbocycles. The van der Waals surface area contributed by atoms with Crippen molar-refractivity contribution in [1.29, 1.82) is 0 Å². The Hall–Kier alpha value is -1.76. The maximum atomic E-state index is 12.1. The lowest BCUT2D eigenvalue weighted by Gasteiger charge is -2.16. The molecule has 1 aromatic heterocycles. The summed E-state index contributed by atoms with van der Waals surface area (Å²) in [6.45, 7) is 4.71. The Morgan fingerprint density at radius 3 is 2.55 bits per heavy atom. The lowest BCUT2D eigenvalue weighted by atomic mass is 10.2. The Kier molecular flexibility index (Phi) is 5.82. The van der Waals surface area contributed by atoms with Crippen molar-refractivity contribution in [3.05, 3.63) is 20.8 Å². The van der Waals surface area contributed by atoms with Crippen molar-refractivity contribution in [2.45, 2.75) is 45.8 Å². The first kappa shape index (κ1) is 16.3. The third-order valence-corrected chi connectivity index (χ3v) is 3.28.